The van der Waals surface area contributed by atoms with Crippen molar-refractivity contribution in [1.29, 1.82) is 0 Å². The molecule has 3 aromatic rings. The number of rotatable bonds is 8. The second-order valence-electron chi connectivity index (χ2n) is 5.62. The highest BCUT2D eigenvalue weighted by Gasteiger charge is 2.13. The molecule has 10 nitrogen and oxygen atoms in total. The summed E-state index contributed by atoms with van der Waals surface area (Å²) < 4.78 is 0. The second kappa shape index (κ2) is 8.97. The highest BCUT2D eigenvalue weighted by molar-refractivity contribution is 7.99. The fourth-order valence-electron chi connectivity index (χ4n) is 2.32. The first kappa shape index (κ1) is 19.3. The first-order valence-electron chi connectivity index (χ1n) is 8.05. The van der Waals surface area contributed by atoms with E-state index < -0.39 is 5.97 Å². The van der Waals surface area contributed by atoms with Gasteiger partial charge in [0.25, 0.3) is 5.91 Å². The third-order valence-electron chi connectivity index (χ3n) is 3.57. The number of benzene rings is 1. The normalized spacial score (nSPS) is 10.5. The number of nitrogens with one attached hydrogen (secondary N) is 3. The summed E-state index contributed by atoms with van der Waals surface area (Å²) in [4.78, 5) is 30.0. The Labute approximate surface area is 163 Å². The second-order valence-corrected chi connectivity index (χ2v) is 6.58. The number of carboxylic acids is 1. The largest absolute Gasteiger partial charge is 0.481 e. The summed E-state index contributed by atoms with van der Waals surface area (Å²) >= 11 is 0.991. The molecule has 2 aromatic heterocycles. The Balaban J connectivity index is 1.78. The Hall–Kier alpha value is -3.44. The van der Waals surface area contributed by atoms with E-state index in [1.807, 2.05) is 11.5 Å². The quantitative estimate of drug-likeness (QED) is 0.281. The summed E-state index contributed by atoms with van der Waals surface area (Å²) in [6, 6.07) is 8.27. The van der Waals surface area contributed by atoms with Gasteiger partial charge in [0, 0.05) is 30.1 Å². The van der Waals surface area contributed by atoms with Crippen molar-refractivity contribution >= 4 is 29.3 Å². The molecule has 0 aliphatic carbocycles. The van der Waals surface area contributed by atoms with Crippen molar-refractivity contribution in [2.45, 2.75) is 11.7 Å². The van der Waals surface area contributed by atoms with Gasteiger partial charge in [-0.1, -0.05) is 17.8 Å². The van der Waals surface area contributed by atoms with Crippen LogP contribution in [0.3, 0.4) is 0 Å². The van der Waals surface area contributed by atoms with Crippen molar-refractivity contribution in [3.8, 4) is 11.4 Å². The minimum Gasteiger partial charge on any atom is -0.481 e. The Morgan fingerprint density at radius 1 is 1.21 bits per heavy atom. The van der Waals surface area contributed by atoms with Crippen LogP contribution in [0.2, 0.25) is 0 Å². The number of hydrogen-bond acceptors (Lipinski definition) is 8. The van der Waals surface area contributed by atoms with E-state index in [0.29, 0.717) is 34.3 Å². The van der Waals surface area contributed by atoms with Crippen LogP contribution < -0.4 is 10.8 Å². The number of anilines is 1. The molecule has 3 rings (SSSR count). The van der Waals surface area contributed by atoms with Gasteiger partial charge in [-0.15, -0.1) is 10.2 Å². The van der Waals surface area contributed by atoms with Gasteiger partial charge >= 0.3 is 5.97 Å². The zero-order chi connectivity index (χ0) is 19.9. The number of carbonyl (C=O) groups excluding carboxylic acids is 1. The van der Waals surface area contributed by atoms with Gasteiger partial charge in [0.2, 0.25) is 0 Å². The smallest absolute Gasteiger partial charge is 0.313 e. The molecule has 144 valence electrons. The molecule has 0 aliphatic heterocycles. The highest BCUT2D eigenvalue weighted by atomic mass is 32.2. The molecule has 0 atom stereocenters. The van der Waals surface area contributed by atoms with Crippen LogP contribution in [0.15, 0.2) is 47.9 Å². The van der Waals surface area contributed by atoms with Gasteiger partial charge in [-0.2, -0.15) is 0 Å². The van der Waals surface area contributed by atoms with Crippen LogP contribution in [-0.2, 0) is 11.3 Å². The van der Waals surface area contributed by atoms with Crippen molar-refractivity contribution in [1.82, 2.24) is 25.5 Å². The lowest BCUT2D eigenvalue weighted by Crippen LogP contribution is -2.23. The van der Waals surface area contributed by atoms with Crippen molar-refractivity contribution in [2.24, 2.45) is 0 Å². The van der Waals surface area contributed by atoms with Crippen molar-refractivity contribution in [2.75, 3.05) is 11.2 Å². The third-order valence-corrected chi connectivity index (χ3v) is 4.42. The van der Waals surface area contributed by atoms with Crippen molar-refractivity contribution in [3.63, 3.8) is 0 Å². The summed E-state index contributed by atoms with van der Waals surface area (Å²) in [7, 11) is 0. The van der Waals surface area contributed by atoms with Crippen LogP contribution in [0.4, 0.5) is 5.69 Å². The number of aromatic nitrogens is 4. The molecule has 0 spiro atoms. The Morgan fingerprint density at radius 2 is 2.07 bits per heavy atom. The van der Waals surface area contributed by atoms with Crippen LogP contribution in [0.5, 0.6) is 0 Å². The van der Waals surface area contributed by atoms with Crippen LogP contribution in [0.1, 0.15) is 15.9 Å². The lowest BCUT2D eigenvalue weighted by molar-refractivity contribution is -0.133. The fraction of sp³-hybridized carbons (Fsp3) is 0.118. The minimum atomic E-state index is -0.970. The number of hydrogen-bond donors (Lipinski definition) is 5. The maximum Gasteiger partial charge on any atom is 0.313 e. The van der Waals surface area contributed by atoms with Crippen LogP contribution in [0, 0.1) is 0 Å². The zero-order valence-corrected chi connectivity index (χ0v) is 15.2. The number of carbonyl (C=O) groups is 2. The van der Waals surface area contributed by atoms with Gasteiger partial charge in [-0.05, 0) is 29.8 Å². The molecule has 28 heavy (non-hydrogen) atoms. The van der Waals surface area contributed by atoms with Gasteiger partial charge in [0.05, 0.1) is 11.4 Å². The molecule has 0 radical (unpaired) electrons. The maximum absolute atomic E-state index is 12.5. The molecule has 0 unspecified atom stereocenters. The molecular weight excluding hydrogens is 384 g/mol. The first-order valence-corrected chi connectivity index (χ1v) is 9.03. The minimum absolute atomic E-state index is 0.158. The molecule has 0 saturated heterocycles. The maximum atomic E-state index is 12.5. The molecule has 11 heteroatoms. The van der Waals surface area contributed by atoms with E-state index in [0.717, 1.165) is 17.3 Å². The molecule has 1 aromatic carbocycles. The molecule has 1 amide bonds. The van der Waals surface area contributed by atoms with E-state index in [1.54, 1.807) is 30.6 Å². The number of pyridine rings is 1. The van der Waals surface area contributed by atoms with Crippen molar-refractivity contribution in [3.05, 3.63) is 53.9 Å². The molecule has 0 saturated carbocycles. The number of amides is 1. The average molecular weight is 400 g/mol. The summed E-state index contributed by atoms with van der Waals surface area (Å²) in [6.07, 6.45) is 3.30. The summed E-state index contributed by atoms with van der Waals surface area (Å²) in [5, 5.41) is 29.0. The number of nitrogens with zero attached hydrogens (tertiary/aromatic N) is 3. The van der Waals surface area contributed by atoms with E-state index in [9.17, 15) is 14.8 Å². The zero-order valence-electron chi connectivity index (χ0n) is 14.4. The van der Waals surface area contributed by atoms with E-state index in [4.69, 9.17) is 5.11 Å². The number of thioether (sulfide) groups is 1. The van der Waals surface area contributed by atoms with Gasteiger partial charge in [-0.3, -0.25) is 25.3 Å². The monoisotopic (exact) mass is 400 g/mol. The molecule has 0 bridgehead atoms. The topological polar surface area (TPSA) is 153 Å². The highest BCUT2D eigenvalue weighted by Crippen LogP contribution is 2.24. The summed E-state index contributed by atoms with van der Waals surface area (Å²) in [6.45, 7) is 0.303. The number of aliphatic carboxylic acids is 1. The molecule has 0 fully saturated rings. The predicted molar refractivity (Wildman–Crippen MR) is 101 cm³/mol. The molecule has 0 aliphatic rings. The number of carboxylic acid groups (broad SMARTS) is 1. The van der Waals surface area contributed by atoms with Gasteiger partial charge in [0.1, 0.15) is 0 Å². The van der Waals surface area contributed by atoms with Crippen LogP contribution in [-0.4, -0.2) is 48.1 Å². The SMILES string of the molecule is O=C(O)CSc1nnc(-c2cc(NO)cc(C(=O)NCc3cccnc3)c2)[nH]1. The lowest BCUT2D eigenvalue weighted by Gasteiger charge is -2.09. The van der Waals surface area contributed by atoms with E-state index in [1.165, 1.54) is 6.07 Å². The van der Waals surface area contributed by atoms with Crippen molar-refractivity contribution < 1.29 is 19.9 Å². The molecule has 2 heterocycles. The standard InChI is InChI=1S/C17H16N6O4S/c24-14(25)9-28-17-20-15(21-22-17)11-4-12(6-13(5-11)23-27)16(26)19-8-10-2-1-3-18-7-10/h1-7,23,27H,8-9H2,(H,19,26)(H,24,25)(H,20,21,22). The molecule has 5 N–H and O–H groups in total. The predicted octanol–water partition coefficient (Wildman–Crippen LogP) is 1.77. The van der Waals surface area contributed by atoms with E-state index >= 15 is 0 Å². The average Bonchev–Trinajstić information content (AvgIpc) is 3.20. The first-order chi connectivity index (χ1) is 13.5. The Bertz CT molecular complexity index is 979. The Morgan fingerprint density at radius 3 is 2.79 bits per heavy atom. The fourth-order valence-corrected chi connectivity index (χ4v) is 2.85. The van der Waals surface area contributed by atoms with Crippen LogP contribution >= 0.6 is 11.8 Å². The Kier molecular flexibility index (Phi) is 6.19. The number of H-pyrrole nitrogens is 1. The van der Waals surface area contributed by atoms with Gasteiger partial charge in [0.15, 0.2) is 11.0 Å². The lowest BCUT2D eigenvalue weighted by atomic mass is 10.1. The summed E-state index contributed by atoms with van der Waals surface area (Å²) in [5.41, 5.74) is 3.96. The third kappa shape index (κ3) is 5.05. The van der Waals surface area contributed by atoms with Crippen LogP contribution in [0.25, 0.3) is 11.4 Å². The molecular formula is C17H16N6O4S. The van der Waals surface area contributed by atoms with E-state index in [-0.39, 0.29) is 11.7 Å². The van der Waals surface area contributed by atoms with E-state index in [2.05, 4.69) is 25.5 Å². The van der Waals surface area contributed by atoms with Gasteiger partial charge in [-0.25, -0.2) is 0 Å². The summed E-state index contributed by atoms with van der Waals surface area (Å²) in [5.74, 6) is -1.13. The van der Waals surface area contributed by atoms with Gasteiger partial charge < -0.3 is 15.4 Å². The number of aromatic amines is 1.